The van der Waals surface area contributed by atoms with Crippen molar-refractivity contribution in [2.24, 2.45) is 11.8 Å². The van der Waals surface area contributed by atoms with Gasteiger partial charge >= 0.3 is 5.97 Å². The van der Waals surface area contributed by atoms with Gasteiger partial charge in [-0.15, -0.1) is 0 Å². The van der Waals surface area contributed by atoms with Gasteiger partial charge in [0.05, 0.1) is 7.11 Å². The van der Waals surface area contributed by atoms with Crippen LogP contribution >= 0.6 is 0 Å². The van der Waals surface area contributed by atoms with Crippen LogP contribution in [-0.2, 0) is 23.9 Å². The van der Waals surface area contributed by atoms with Crippen molar-refractivity contribution < 1.29 is 29.0 Å². The first kappa shape index (κ1) is 24.9. The van der Waals surface area contributed by atoms with Crippen molar-refractivity contribution in [3.05, 3.63) is 0 Å². The number of methoxy groups -OCH3 is 1. The van der Waals surface area contributed by atoms with Crippen LogP contribution in [0.4, 0.5) is 0 Å². The van der Waals surface area contributed by atoms with Crippen molar-refractivity contribution in [2.75, 3.05) is 20.2 Å². The third kappa shape index (κ3) is 6.69. The summed E-state index contributed by atoms with van der Waals surface area (Å²) in [4.78, 5) is 50.7. The molecule has 5 atom stereocenters. The van der Waals surface area contributed by atoms with Gasteiger partial charge in [0.2, 0.25) is 11.8 Å². The predicted octanol–water partition coefficient (Wildman–Crippen LogP) is 0.205. The van der Waals surface area contributed by atoms with E-state index in [0.29, 0.717) is 32.2 Å². The monoisotopic (exact) mass is 413 g/mol. The summed E-state index contributed by atoms with van der Waals surface area (Å²) in [6.45, 7) is 7.51. The highest BCUT2D eigenvalue weighted by atomic mass is 16.5. The first-order valence-electron chi connectivity index (χ1n) is 10.3. The molecular formula is C20H35N3O6. The Morgan fingerprint density at radius 2 is 1.76 bits per heavy atom. The molecule has 1 saturated heterocycles. The van der Waals surface area contributed by atoms with E-state index in [1.807, 2.05) is 20.8 Å². The number of likely N-dealkylation sites (tertiary alicyclic amines) is 1. The molecule has 0 spiro atoms. The van der Waals surface area contributed by atoms with Crippen LogP contribution in [0.5, 0.6) is 0 Å². The van der Waals surface area contributed by atoms with Gasteiger partial charge < -0.3 is 25.4 Å². The molecule has 29 heavy (non-hydrogen) atoms. The fourth-order valence-corrected chi connectivity index (χ4v) is 3.23. The Morgan fingerprint density at radius 1 is 1.14 bits per heavy atom. The molecular weight excluding hydrogens is 378 g/mol. The fourth-order valence-electron chi connectivity index (χ4n) is 3.23. The number of carbonyl (C=O) groups excluding carboxylic acids is 4. The van der Waals surface area contributed by atoms with Crippen LogP contribution in [0.3, 0.4) is 0 Å². The van der Waals surface area contributed by atoms with E-state index in [-0.39, 0.29) is 18.4 Å². The highest BCUT2D eigenvalue weighted by Crippen LogP contribution is 2.22. The molecule has 0 unspecified atom stereocenters. The predicted molar refractivity (Wildman–Crippen MR) is 107 cm³/mol. The molecule has 0 radical (unpaired) electrons. The Bertz CT molecular complexity index is 597. The molecule has 1 rings (SSSR count). The smallest absolute Gasteiger partial charge is 0.325 e. The summed E-state index contributed by atoms with van der Waals surface area (Å²) in [5.41, 5.74) is 0. The van der Waals surface area contributed by atoms with Crippen molar-refractivity contribution in [1.82, 2.24) is 15.5 Å². The lowest BCUT2D eigenvalue weighted by atomic mass is 9.97. The van der Waals surface area contributed by atoms with Crippen LogP contribution in [0.15, 0.2) is 0 Å². The van der Waals surface area contributed by atoms with E-state index in [9.17, 15) is 24.3 Å². The highest BCUT2D eigenvalue weighted by molar-refractivity contribution is 5.94. The zero-order valence-corrected chi connectivity index (χ0v) is 18.1. The molecule has 9 heteroatoms. The van der Waals surface area contributed by atoms with Crippen LogP contribution in [-0.4, -0.2) is 72.1 Å². The van der Waals surface area contributed by atoms with Gasteiger partial charge in [-0.1, -0.05) is 40.5 Å². The van der Waals surface area contributed by atoms with Crippen LogP contribution in [0, 0.1) is 11.8 Å². The van der Waals surface area contributed by atoms with Crippen LogP contribution in [0.1, 0.15) is 53.4 Å². The molecule has 3 N–H and O–H groups in total. The van der Waals surface area contributed by atoms with E-state index in [2.05, 4.69) is 15.4 Å². The van der Waals surface area contributed by atoms with Gasteiger partial charge in [-0.25, -0.2) is 0 Å². The van der Waals surface area contributed by atoms with Gasteiger partial charge in [0.1, 0.15) is 24.7 Å². The molecule has 0 aromatic heterocycles. The molecule has 1 fully saturated rings. The van der Waals surface area contributed by atoms with E-state index in [4.69, 9.17) is 0 Å². The molecule has 166 valence electrons. The van der Waals surface area contributed by atoms with Crippen molar-refractivity contribution in [1.29, 1.82) is 0 Å². The molecule has 1 heterocycles. The average molecular weight is 414 g/mol. The topological polar surface area (TPSA) is 125 Å². The molecule has 0 saturated carbocycles. The third-order valence-corrected chi connectivity index (χ3v) is 5.70. The molecule has 0 aromatic carbocycles. The number of aliphatic hydroxyl groups excluding tert-OH is 1. The number of carbonyl (C=O) groups is 4. The zero-order valence-electron chi connectivity index (χ0n) is 18.1. The SMILES string of the molecule is CC[C@H](C)[C@H](O)C(=O)N1CCC[C@H]1C(=O)N[C@H](C(=O)NCC(=O)OC)[C@@H](C)CC. The van der Waals surface area contributed by atoms with Gasteiger partial charge in [-0.05, 0) is 24.7 Å². The van der Waals surface area contributed by atoms with E-state index in [0.717, 1.165) is 0 Å². The number of nitrogens with zero attached hydrogens (tertiary/aromatic N) is 1. The summed E-state index contributed by atoms with van der Waals surface area (Å²) in [6.07, 6.45) is 1.26. The Labute approximate surface area is 172 Å². The summed E-state index contributed by atoms with van der Waals surface area (Å²) in [7, 11) is 1.22. The Hall–Kier alpha value is -2.16. The van der Waals surface area contributed by atoms with E-state index in [1.165, 1.54) is 12.0 Å². The maximum Gasteiger partial charge on any atom is 0.325 e. The zero-order chi connectivity index (χ0) is 22.1. The quantitative estimate of drug-likeness (QED) is 0.440. The summed E-state index contributed by atoms with van der Waals surface area (Å²) in [5, 5.41) is 15.5. The van der Waals surface area contributed by atoms with Crippen LogP contribution in [0.25, 0.3) is 0 Å². The Morgan fingerprint density at radius 3 is 2.31 bits per heavy atom. The summed E-state index contributed by atoms with van der Waals surface area (Å²) in [6, 6.07) is -1.56. The summed E-state index contributed by atoms with van der Waals surface area (Å²) >= 11 is 0. The number of rotatable bonds is 10. The number of hydrogen-bond donors (Lipinski definition) is 3. The van der Waals surface area contributed by atoms with Crippen LogP contribution in [0.2, 0.25) is 0 Å². The Balaban J connectivity index is 2.85. The second-order valence-corrected chi connectivity index (χ2v) is 7.69. The minimum Gasteiger partial charge on any atom is -0.468 e. The lowest BCUT2D eigenvalue weighted by Gasteiger charge is -2.30. The standard InChI is InChI=1S/C20H35N3O6/c1-6-12(3)16(19(27)21-11-15(24)29-5)22-18(26)14-9-8-10-23(14)20(28)17(25)13(4)7-2/h12-14,16-17,25H,6-11H2,1-5H3,(H,21,27)(H,22,26)/t12-,13-,14-,16-,17-/m0/s1. The maximum atomic E-state index is 12.9. The number of esters is 1. The van der Waals surface area contributed by atoms with Crippen molar-refractivity contribution in [2.45, 2.75) is 71.6 Å². The fraction of sp³-hybridized carbons (Fsp3) is 0.800. The van der Waals surface area contributed by atoms with E-state index < -0.39 is 41.9 Å². The number of aliphatic hydroxyl groups is 1. The van der Waals surface area contributed by atoms with Gasteiger partial charge in [0, 0.05) is 6.54 Å². The van der Waals surface area contributed by atoms with E-state index >= 15 is 0 Å². The number of amides is 3. The van der Waals surface area contributed by atoms with Crippen molar-refractivity contribution in [3.63, 3.8) is 0 Å². The minimum absolute atomic E-state index is 0.173. The largest absolute Gasteiger partial charge is 0.468 e. The summed E-state index contributed by atoms with van der Waals surface area (Å²) < 4.78 is 4.51. The first-order chi connectivity index (χ1) is 13.7. The van der Waals surface area contributed by atoms with Crippen molar-refractivity contribution >= 4 is 23.7 Å². The molecule has 0 aliphatic carbocycles. The van der Waals surface area contributed by atoms with Crippen molar-refractivity contribution in [3.8, 4) is 0 Å². The minimum atomic E-state index is -1.15. The Kier molecular flexibility index (Phi) is 10.1. The van der Waals surface area contributed by atoms with Gasteiger partial charge in [0.25, 0.3) is 5.91 Å². The lowest BCUT2D eigenvalue weighted by Crippen LogP contribution is -2.56. The second kappa shape index (κ2) is 11.7. The average Bonchev–Trinajstić information content (AvgIpc) is 3.22. The third-order valence-electron chi connectivity index (χ3n) is 5.70. The highest BCUT2D eigenvalue weighted by Gasteiger charge is 2.39. The molecule has 1 aliphatic heterocycles. The maximum absolute atomic E-state index is 12.9. The molecule has 3 amide bonds. The van der Waals surface area contributed by atoms with Gasteiger partial charge in [-0.3, -0.25) is 19.2 Å². The first-order valence-corrected chi connectivity index (χ1v) is 10.3. The lowest BCUT2D eigenvalue weighted by molar-refractivity contribution is -0.148. The van der Waals surface area contributed by atoms with Gasteiger partial charge in [0.15, 0.2) is 0 Å². The van der Waals surface area contributed by atoms with Crippen LogP contribution < -0.4 is 10.6 Å². The summed E-state index contributed by atoms with van der Waals surface area (Å²) in [5.74, 6) is -2.32. The number of ether oxygens (including phenoxy) is 1. The molecule has 0 bridgehead atoms. The van der Waals surface area contributed by atoms with E-state index in [1.54, 1.807) is 6.92 Å². The molecule has 1 aliphatic rings. The molecule has 9 nitrogen and oxygen atoms in total. The second-order valence-electron chi connectivity index (χ2n) is 7.69. The molecule has 0 aromatic rings. The number of hydrogen-bond acceptors (Lipinski definition) is 6. The van der Waals surface area contributed by atoms with Gasteiger partial charge in [-0.2, -0.15) is 0 Å². The number of nitrogens with one attached hydrogen (secondary N) is 2. The normalized spacial score (nSPS) is 20.3.